The van der Waals surface area contributed by atoms with Gasteiger partial charge in [0.15, 0.2) is 0 Å². The molecule has 2 N–H and O–H groups in total. The Labute approximate surface area is 108 Å². The Morgan fingerprint density at radius 3 is 2.11 bits per heavy atom. The highest BCUT2D eigenvalue weighted by Crippen LogP contribution is 2.12. The van der Waals surface area contributed by atoms with Crippen molar-refractivity contribution in [3.63, 3.8) is 0 Å². The minimum absolute atomic E-state index is 0.219. The van der Waals surface area contributed by atoms with E-state index in [9.17, 15) is 13.2 Å². The van der Waals surface area contributed by atoms with E-state index < -0.39 is 21.3 Å². The third kappa shape index (κ3) is 9.38. The first-order valence-corrected chi connectivity index (χ1v) is 7.68. The molecule has 0 saturated heterocycles. The lowest BCUT2D eigenvalue weighted by atomic mass is 10.1. The van der Waals surface area contributed by atoms with Gasteiger partial charge in [0.1, 0.15) is 0 Å². The van der Waals surface area contributed by atoms with Crippen LogP contribution in [0.15, 0.2) is 0 Å². The fraction of sp³-hybridized carbons (Fsp3) is 0.909. The van der Waals surface area contributed by atoms with Crippen LogP contribution in [0.4, 0.5) is 0 Å². The zero-order valence-corrected chi connectivity index (χ0v) is 11.5. The first kappa shape index (κ1) is 17.3. The van der Waals surface area contributed by atoms with Crippen molar-refractivity contribution >= 4 is 16.1 Å². The predicted octanol–water partition coefficient (Wildman–Crippen LogP) is 2.40. The van der Waals surface area contributed by atoms with Gasteiger partial charge in [0, 0.05) is 6.42 Å². The van der Waals surface area contributed by atoms with E-state index in [1.54, 1.807) is 0 Å². The van der Waals surface area contributed by atoms with Gasteiger partial charge in [-0.3, -0.25) is 4.55 Å². The molecule has 0 aliphatic rings. The number of unbranched alkanes of at least 4 members (excludes halogenated alkanes) is 5. The van der Waals surface area contributed by atoms with E-state index in [0.717, 1.165) is 32.1 Å². The van der Waals surface area contributed by atoms with Gasteiger partial charge in [0.25, 0.3) is 10.1 Å². The maximum absolute atomic E-state index is 10.7. The topological polar surface area (TPSA) is 101 Å². The molecule has 0 rings (SSSR count). The summed E-state index contributed by atoms with van der Waals surface area (Å²) in [4.78, 5) is 14.1. The molecule has 108 valence electrons. The molecule has 0 aromatic rings. The molecular formula is C11H22O6S. The molecule has 0 aliphatic heterocycles. The second kappa shape index (κ2) is 9.29. The molecule has 0 aliphatic carbocycles. The number of hydrogen-bond donors (Lipinski definition) is 2. The zero-order valence-electron chi connectivity index (χ0n) is 10.7. The Balaban J connectivity index is 3.34. The van der Waals surface area contributed by atoms with Crippen LogP contribution >= 0.6 is 0 Å². The van der Waals surface area contributed by atoms with Crippen molar-refractivity contribution in [2.24, 2.45) is 0 Å². The molecule has 18 heavy (non-hydrogen) atoms. The minimum atomic E-state index is -3.89. The van der Waals surface area contributed by atoms with Crippen molar-refractivity contribution in [1.82, 2.24) is 0 Å². The average Bonchev–Trinajstić information content (AvgIpc) is 2.30. The average molecular weight is 282 g/mol. The Hall–Kier alpha value is -0.660. The Morgan fingerprint density at radius 1 is 1.11 bits per heavy atom. The Kier molecular flexibility index (Phi) is 8.95. The van der Waals surface area contributed by atoms with Gasteiger partial charge >= 0.3 is 5.97 Å². The van der Waals surface area contributed by atoms with Crippen LogP contribution in [0.3, 0.4) is 0 Å². The highest BCUT2D eigenvalue weighted by molar-refractivity contribution is 7.86. The Bertz CT molecular complexity index is 324. The lowest BCUT2D eigenvalue weighted by Crippen LogP contribution is -2.16. The van der Waals surface area contributed by atoms with Crippen LogP contribution in [-0.4, -0.2) is 29.4 Å². The van der Waals surface area contributed by atoms with Crippen molar-refractivity contribution in [2.45, 2.75) is 63.5 Å². The minimum Gasteiger partial charge on any atom is -0.301 e. The van der Waals surface area contributed by atoms with Gasteiger partial charge in [0.05, 0.1) is 5.25 Å². The van der Waals surface area contributed by atoms with Crippen molar-refractivity contribution in [3.8, 4) is 0 Å². The molecule has 0 radical (unpaired) electrons. The standard InChI is InChI=1S/C11H22O6S/c1-10(18(14,15)16)8-6-4-2-3-5-7-9-11(12)17-13/h10,13H,2-9H2,1H3,(H,14,15,16). The van der Waals surface area contributed by atoms with Crippen LogP contribution in [-0.2, 0) is 19.8 Å². The van der Waals surface area contributed by atoms with Gasteiger partial charge in [-0.25, -0.2) is 4.79 Å². The molecule has 6 nitrogen and oxygen atoms in total. The normalized spacial score (nSPS) is 13.3. The van der Waals surface area contributed by atoms with Gasteiger partial charge in [-0.15, -0.1) is 0 Å². The van der Waals surface area contributed by atoms with E-state index in [0.29, 0.717) is 12.8 Å². The van der Waals surface area contributed by atoms with Gasteiger partial charge in [0.2, 0.25) is 0 Å². The summed E-state index contributed by atoms with van der Waals surface area (Å²) in [6, 6.07) is 0. The van der Waals surface area contributed by atoms with Crippen LogP contribution in [0, 0.1) is 0 Å². The second-order valence-electron chi connectivity index (χ2n) is 4.45. The first-order chi connectivity index (χ1) is 8.38. The molecule has 0 fully saturated rings. The SMILES string of the molecule is CC(CCCCCCCCC(=O)OO)S(=O)(=O)O. The van der Waals surface area contributed by atoms with Crippen LogP contribution < -0.4 is 0 Å². The number of carbonyl (C=O) groups is 1. The van der Waals surface area contributed by atoms with Crippen molar-refractivity contribution in [2.75, 3.05) is 0 Å². The summed E-state index contributed by atoms with van der Waals surface area (Å²) in [6.07, 6.45) is 5.84. The fourth-order valence-electron chi connectivity index (χ4n) is 1.60. The summed E-state index contributed by atoms with van der Waals surface area (Å²) < 4.78 is 30.2. The molecule has 7 heteroatoms. The summed E-state index contributed by atoms with van der Waals surface area (Å²) in [7, 11) is -3.89. The van der Waals surface area contributed by atoms with Crippen LogP contribution in [0.1, 0.15) is 58.3 Å². The molecule has 0 spiro atoms. The van der Waals surface area contributed by atoms with E-state index in [-0.39, 0.29) is 6.42 Å². The van der Waals surface area contributed by atoms with Crippen LogP contribution in [0.25, 0.3) is 0 Å². The van der Waals surface area contributed by atoms with Gasteiger partial charge in [-0.1, -0.05) is 32.1 Å². The monoisotopic (exact) mass is 282 g/mol. The van der Waals surface area contributed by atoms with Gasteiger partial charge in [-0.05, 0) is 19.8 Å². The zero-order chi connectivity index (χ0) is 14.0. The maximum atomic E-state index is 10.7. The summed E-state index contributed by atoms with van der Waals surface area (Å²) in [5.74, 6) is -0.614. The van der Waals surface area contributed by atoms with E-state index in [2.05, 4.69) is 4.89 Å². The molecule has 0 saturated carbocycles. The number of rotatable bonds is 10. The van der Waals surface area contributed by atoms with E-state index in [1.165, 1.54) is 6.92 Å². The largest absolute Gasteiger partial charge is 0.342 e. The predicted molar refractivity (Wildman–Crippen MR) is 66.7 cm³/mol. The molecule has 1 atom stereocenters. The van der Waals surface area contributed by atoms with Gasteiger partial charge < -0.3 is 4.89 Å². The molecule has 0 heterocycles. The molecule has 0 aromatic carbocycles. The van der Waals surface area contributed by atoms with Gasteiger partial charge in [-0.2, -0.15) is 13.7 Å². The highest BCUT2D eigenvalue weighted by Gasteiger charge is 2.15. The van der Waals surface area contributed by atoms with Crippen molar-refractivity contribution in [1.29, 1.82) is 0 Å². The van der Waals surface area contributed by atoms with Crippen molar-refractivity contribution < 1.29 is 27.9 Å². The third-order valence-electron chi connectivity index (χ3n) is 2.85. The quantitative estimate of drug-likeness (QED) is 0.276. The molecule has 0 amide bonds. The maximum Gasteiger partial charge on any atom is 0.342 e. The molecular weight excluding hydrogens is 260 g/mol. The number of hydrogen-bond acceptors (Lipinski definition) is 5. The summed E-state index contributed by atoms with van der Waals surface area (Å²) in [5, 5.41) is 7.31. The smallest absolute Gasteiger partial charge is 0.301 e. The Morgan fingerprint density at radius 2 is 1.61 bits per heavy atom. The third-order valence-corrected chi connectivity index (χ3v) is 4.10. The lowest BCUT2D eigenvalue weighted by Gasteiger charge is -2.07. The summed E-state index contributed by atoms with van der Waals surface area (Å²) in [6.45, 7) is 1.50. The fourth-order valence-corrected chi connectivity index (χ4v) is 2.07. The molecule has 0 bridgehead atoms. The van der Waals surface area contributed by atoms with Crippen molar-refractivity contribution in [3.05, 3.63) is 0 Å². The summed E-state index contributed by atoms with van der Waals surface area (Å²) >= 11 is 0. The first-order valence-electron chi connectivity index (χ1n) is 6.18. The van der Waals surface area contributed by atoms with Crippen LogP contribution in [0.2, 0.25) is 0 Å². The van der Waals surface area contributed by atoms with E-state index in [1.807, 2.05) is 0 Å². The van der Waals surface area contributed by atoms with Crippen LogP contribution in [0.5, 0.6) is 0 Å². The van der Waals surface area contributed by atoms with E-state index >= 15 is 0 Å². The highest BCUT2D eigenvalue weighted by atomic mass is 32.2. The number of carbonyl (C=O) groups excluding carboxylic acids is 1. The van der Waals surface area contributed by atoms with E-state index in [4.69, 9.17) is 9.81 Å². The lowest BCUT2D eigenvalue weighted by molar-refractivity contribution is -0.234. The molecule has 0 aromatic heterocycles. The molecule has 1 unspecified atom stereocenters. The summed E-state index contributed by atoms with van der Waals surface area (Å²) in [5.41, 5.74) is 0. The second-order valence-corrected chi connectivity index (χ2v) is 6.28.